The molecule has 0 radical (unpaired) electrons. The van der Waals surface area contributed by atoms with E-state index in [1.165, 1.54) is 0 Å². The highest BCUT2D eigenvalue weighted by atomic mass is 16.5. The zero-order valence-corrected chi connectivity index (χ0v) is 7.86. The Morgan fingerprint density at radius 3 is 3.07 bits per heavy atom. The summed E-state index contributed by atoms with van der Waals surface area (Å²) in [5.41, 5.74) is 1.37. The van der Waals surface area contributed by atoms with E-state index in [2.05, 4.69) is 4.98 Å². The summed E-state index contributed by atoms with van der Waals surface area (Å²) in [6.45, 7) is 2.36. The van der Waals surface area contributed by atoms with Gasteiger partial charge < -0.3 is 14.3 Å². The van der Waals surface area contributed by atoms with Crippen LogP contribution in [0.1, 0.15) is 12.8 Å². The highest BCUT2D eigenvalue weighted by molar-refractivity contribution is 5.74. The molecule has 0 aliphatic heterocycles. The number of benzene rings is 1. The molecule has 0 aliphatic rings. The van der Waals surface area contributed by atoms with Crippen molar-refractivity contribution in [3.8, 4) is 5.75 Å². The molecule has 2 aromatic rings. The van der Waals surface area contributed by atoms with Gasteiger partial charge in [0.1, 0.15) is 17.9 Å². The lowest BCUT2D eigenvalue weighted by Gasteiger charge is -2.00. The maximum atomic E-state index is 8.82. The molecule has 14 heavy (non-hydrogen) atoms. The molecular weight excluding hydrogens is 182 g/mol. The molecule has 0 unspecified atom stereocenters. The van der Waals surface area contributed by atoms with Gasteiger partial charge in [-0.05, 0) is 19.1 Å². The summed E-state index contributed by atoms with van der Waals surface area (Å²) in [6, 6.07) is 5.39. The molecule has 1 aromatic heterocycles. The standard InChI is InChI=1S/C10H11NO3/c1-2-13-7-3-4-9-8(5-7)11-10(6-12)14-9/h3-5,12H,2,6H2,1H3. The van der Waals surface area contributed by atoms with Crippen molar-refractivity contribution in [2.45, 2.75) is 13.5 Å². The fourth-order valence-corrected chi connectivity index (χ4v) is 1.28. The zero-order chi connectivity index (χ0) is 9.97. The van der Waals surface area contributed by atoms with Crippen LogP contribution in [-0.2, 0) is 6.61 Å². The third-order valence-electron chi connectivity index (χ3n) is 1.85. The van der Waals surface area contributed by atoms with Gasteiger partial charge in [0, 0.05) is 6.07 Å². The number of rotatable bonds is 3. The van der Waals surface area contributed by atoms with Crippen LogP contribution in [0.15, 0.2) is 22.6 Å². The van der Waals surface area contributed by atoms with E-state index >= 15 is 0 Å². The lowest BCUT2D eigenvalue weighted by Crippen LogP contribution is -1.90. The van der Waals surface area contributed by atoms with Gasteiger partial charge in [-0.3, -0.25) is 0 Å². The number of ether oxygens (including phenoxy) is 1. The van der Waals surface area contributed by atoms with Gasteiger partial charge in [-0.25, -0.2) is 4.98 Å². The van der Waals surface area contributed by atoms with Crippen LogP contribution in [0.3, 0.4) is 0 Å². The number of hydrogen-bond donors (Lipinski definition) is 1. The van der Waals surface area contributed by atoms with E-state index in [0.29, 0.717) is 23.6 Å². The molecule has 0 bridgehead atoms. The fraction of sp³-hybridized carbons (Fsp3) is 0.300. The lowest BCUT2D eigenvalue weighted by atomic mass is 10.3. The van der Waals surface area contributed by atoms with Crippen LogP contribution >= 0.6 is 0 Å². The summed E-state index contributed by atoms with van der Waals surface area (Å²) in [4.78, 5) is 4.08. The molecule has 0 atom stereocenters. The Kier molecular flexibility index (Phi) is 2.37. The minimum Gasteiger partial charge on any atom is -0.494 e. The van der Waals surface area contributed by atoms with Crippen LogP contribution in [0.4, 0.5) is 0 Å². The van der Waals surface area contributed by atoms with Crippen molar-refractivity contribution in [3.63, 3.8) is 0 Å². The molecule has 0 spiro atoms. The van der Waals surface area contributed by atoms with Crippen LogP contribution in [0.5, 0.6) is 5.75 Å². The highest BCUT2D eigenvalue weighted by Crippen LogP contribution is 2.21. The van der Waals surface area contributed by atoms with Crippen LogP contribution < -0.4 is 4.74 Å². The molecule has 1 aromatic carbocycles. The van der Waals surface area contributed by atoms with Gasteiger partial charge in [0.25, 0.3) is 0 Å². The minimum atomic E-state index is -0.182. The second-order valence-electron chi connectivity index (χ2n) is 2.83. The third kappa shape index (κ3) is 1.56. The van der Waals surface area contributed by atoms with E-state index in [1.807, 2.05) is 13.0 Å². The molecule has 4 nitrogen and oxygen atoms in total. The Morgan fingerprint density at radius 1 is 1.50 bits per heavy atom. The first kappa shape index (κ1) is 9.02. The van der Waals surface area contributed by atoms with Crippen LogP contribution in [-0.4, -0.2) is 16.7 Å². The van der Waals surface area contributed by atoms with Crippen molar-refractivity contribution in [2.24, 2.45) is 0 Å². The van der Waals surface area contributed by atoms with Crippen molar-refractivity contribution in [3.05, 3.63) is 24.1 Å². The number of fused-ring (bicyclic) bond motifs is 1. The quantitative estimate of drug-likeness (QED) is 0.806. The summed E-state index contributed by atoms with van der Waals surface area (Å²) in [7, 11) is 0. The van der Waals surface area contributed by atoms with E-state index in [0.717, 1.165) is 5.75 Å². The van der Waals surface area contributed by atoms with Crippen LogP contribution in [0, 0.1) is 0 Å². The van der Waals surface area contributed by atoms with Gasteiger partial charge in [-0.15, -0.1) is 0 Å². The number of aromatic nitrogens is 1. The van der Waals surface area contributed by atoms with E-state index in [1.54, 1.807) is 12.1 Å². The highest BCUT2D eigenvalue weighted by Gasteiger charge is 2.05. The SMILES string of the molecule is CCOc1ccc2oc(CO)nc2c1. The molecule has 1 N–H and O–H groups in total. The maximum absolute atomic E-state index is 8.82. The number of aliphatic hydroxyl groups excluding tert-OH is 1. The molecule has 2 rings (SSSR count). The van der Waals surface area contributed by atoms with Crippen molar-refractivity contribution in [1.82, 2.24) is 4.98 Å². The van der Waals surface area contributed by atoms with Gasteiger partial charge in [-0.1, -0.05) is 0 Å². The Labute approximate surface area is 81.1 Å². The van der Waals surface area contributed by atoms with E-state index in [-0.39, 0.29) is 6.61 Å². The average Bonchev–Trinajstić information content (AvgIpc) is 2.60. The minimum absolute atomic E-state index is 0.182. The first-order valence-electron chi connectivity index (χ1n) is 4.46. The number of aliphatic hydroxyl groups is 1. The first-order valence-corrected chi connectivity index (χ1v) is 4.46. The summed E-state index contributed by atoms with van der Waals surface area (Å²) in [6.07, 6.45) is 0. The van der Waals surface area contributed by atoms with E-state index in [9.17, 15) is 0 Å². The molecule has 4 heteroatoms. The van der Waals surface area contributed by atoms with Crippen LogP contribution in [0.25, 0.3) is 11.1 Å². The smallest absolute Gasteiger partial charge is 0.221 e. The molecule has 1 heterocycles. The monoisotopic (exact) mass is 193 g/mol. The van der Waals surface area contributed by atoms with Crippen molar-refractivity contribution < 1.29 is 14.3 Å². The Hall–Kier alpha value is -1.55. The van der Waals surface area contributed by atoms with E-state index < -0.39 is 0 Å². The van der Waals surface area contributed by atoms with Gasteiger partial charge in [0.15, 0.2) is 5.58 Å². The third-order valence-corrected chi connectivity index (χ3v) is 1.85. The number of oxazole rings is 1. The average molecular weight is 193 g/mol. The Bertz CT molecular complexity index is 436. The van der Waals surface area contributed by atoms with Gasteiger partial charge >= 0.3 is 0 Å². The van der Waals surface area contributed by atoms with Crippen molar-refractivity contribution >= 4 is 11.1 Å². The first-order chi connectivity index (χ1) is 6.83. The maximum Gasteiger partial charge on any atom is 0.221 e. The summed E-state index contributed by atoms with van der Waals surface area (Å²) in [5.74, 6) is 1.09. The molecule has 0 fully saturated rings. The molecule has 0 saturated heterocycles. The number of nitrogens with zero attached hydrogens (tertiary/aromatic N) is 1. The van der Waals surface area contributed by atoms with Gasteiger partial charge in [0.2, 0.25) is 5.89 Å². The predicted molar refractivity (Wildman–Crippen MR) is 51.1 cm³/mol. The van der Waals surface area contributed by atoms with Crippen molar-refractivity contribution in [1.29, 1.82) is 0 Å². The number of hydrogen-bond acceptors (Lipinski definition) is 4. The second-order valence-corrected chi connectivity index (χ2v) is 2.83. The molecule has 0 amide bonds. The predicted octanol–water partition coefficient (Wildman–Crippen LogP) is 1.72. The zero-order valence-electron chi connectivity index (χ0n) is 7.86. The molecule has 0 aliphatic carbocycles. The summed E-state index contributed by atoms with van der Waals surface area (Å²) in [5, 5.41) is 8.82. The van der Waals surface area contributed by atoms with Gasteiger partial charge in [-0.2, -0.15) is 0 Å². The normalized spacial score (nSPS) is 10.7. The van der Waals surface area contributed by atoms with Crippen LogP contribution in [0.2, 0.25) is 0 Å². The second kappa shape index (κ2) is 3.67. The van der Waals surface area contributed by atoms with E-state index in [4.69, 9.17) is 14.3 Å². The largest absolute Gasteiger partial charge is 0.494 e. The molecular formula is C10H11NO3. The Balaban J connectivity index is 2.43. The molecule has 0 saturated carbocycles. The fourth-order valence-electron chi connectivity index (χ4n) is 1.28. The van der Waals surface area contributed by atoms with Crippen molar-refractivity contribution in [2.75, 3.05) is 6.61 Å². The van der Waals surface area contributed by atoms with Gasteiger partial charge in [0.05, 0.1) is 6.61 Å². The lowest BCUT2D eigenvalue weighted by molar-refractivity contribution is 0.244. The summed E-state index contributed by atoms with van der Waals surface area (Å²) >= 11 is 0. The summed E-state index contributed by atoms with van der Waals surface area (Å²) < 4.78 is 10.5. The topological polar surface area (TPSA) is 55.5 Å². The molecule has 74 valence electrons. The Morgan fingerprint density at radius 2 is 2.36 bits per heavy atom.